The van der Waals surface area contributed by atoms with Gasteiger partial charge in [-0.15, -0.1) is 11.3 Å². The lowest BCUT2D eigenvalue weighted by Gasteiger charge is -2.43. The number of alkyl halides is 6. The van der Waals surface area contributed by atoms with Crippen molar-refractivity contribution in [3.63, 3.8) is 0 Å². The third-order valence-electron chi connectivity index (χ3n) is 5.50. The van der Waals surface area contributed by atoms with E-state index in [1.165, 1.54) is 24.3 Å². The van der Waals surface area contributed by atoms with Crippen LogP contribution in [0.25, 0.3) is 0 Å². The Balaban J connectivity index is 0.000000301. The maximum absolute atomic E-state index is 10.6. The Kier molecular flexibility index (Phi) is 11.3. The number of hydrogen-bond donors (Lipinski definition) is 2. The number of thiophene rings is 1. The van der Waals surface area contributed by atoms with Gasteiger partial charge in [-0.2, -0.15) is 26.3 Å². The molecule has 38 heavy (non-hydrogen) atoms. The van der Waals surface area contributed by atoms with Gasteiger partial charge in [0.15, 0.2) is 0 Å². The van der Waals surface area contributed by atoms with E-state index >= 15 is 0 Å². The number of aromatic nitrogens is 2. The minimum Gasteiger partial charge on any atom is -0.475 e. The van der Waals surface area contributed by atoms with Gasteiger partial charge in [-0.3, -0.25) is 9.88 Å². The second kappa shape index (κ2) is 13.7. The lowest BCUT2D eigenvalue weighted by molar-refractivity contribution is -0.193. The molecule has 1 spiro atoms. The Labute approximate surface area is 217 Å². The summed E-state index contributed by atoms with van der Waals surface area (Å²) < 4.78 is 69.5. The number of carboxylic acid groups (broad SMARTS) is 2. The monoisotopic (exact) mass is 572 g/mol. The number of anilines is 1. The molecule has 0 aromatic carbocycles. The van der Waals surface area contributed by atoms with E-state index in [2.05, 4.69) is 37.3 Å². The Morgan fingerprint density at radius 1 is 1.05 bits per heavy atom. The highest BCUT2D eigenvalue weighted by atomic mass is 32.1. The van der Waals surface area contributed by atoms with E-state index in [9.17, 15) is 26.3 Å². The predicted molar refractivity (Wildman–Crippen MR) is 124 cm³/mol. The Bertz CT molecular complexity index is 986. The van der Waals surface area contributed by atoms with E-state index in [0.29, 0.717) is 0 Å². The van der Waals surface area contributed by atoms with Crippen LogP contribution in [0.4, 0.5) is 32.2 Å². The van der Waals surface area contributed by atoms with Gasteiger partial charge in [0.1, 0.15) is 5.82 Å². The molecular weight excluding hydrogens is 546 g/mol. The molecule has 2 aromatic heterocycles. The summed E-state index contributed by atoms with van der Waals surface area (Å²) in [5.41, 5.74) is 0.198. The molecular formula is C22H26F6N4O5S. The normalized spacial score (nSPS) is 20.4. The zero-order valence-electron chi connectivity index (χ0n) is 19.9. The highest BCUT2D eigenvalue weighted by Crippen LogP contribution is 2.35. The van der Waals surface area contributed by atoms with Gasteiger partial charge in [0, 0.05) is 48.9 Å². The molecule has 212 valence electrons. The van der Waals surface area contributed by atoms with Gasteiger partial charge in [-0.1, -0.05) is 6.07 Å². The number of carboxylic acids is 2. The smallest absolute Gasteiger partial charge is 0.475 e. The number of carbonyl (C=O) groups is 2. The van der Waals surface area contributed by atoms with Crippen LogP contribution >= 0.6 is 11.3 Å². The lowest BCUT2D eigenvalue weighted by atomic mass is 9.80. The number of rotatable bonds is 3. The second-order valence-corrected chi connectivity index (χ2v) is 9.57. The molecule has 2 aromatic rings. The van der Waals surface area contributed by atoms with Crippen LogP contribution in [0.3, 0.4) is 0 Å². The average Bonchev–Trinajstić information content (AvgIpc) is 3.26. The van der Waals surface area contributed by atoms with E-state index in [1.807, 2.05) is 17.5 Å². The van der Waals surface area contributed by atoms with E-state index < -0.39 is 24.3 Å². The molecule has 2 aliphatic heterocycles. The molecule has 2 N–H and O–H groups in total. The van der Waals surface area contributed by atoms with Crippen LogP contribution in [0.2, 0.25) is 0 Å². The summed E-state index contributed by atoms with van der Waals surface area (Å²) in [6, 6.07) is 4.38. The third kappa shape index (κ3) is 10.4. The summed E-state index contributed by atoms with van der Waals surface area (Å²) in [7, 11) is 0. The fourth-order valence-corrected chi connectivity index (χ4v) is 4.70. The highest BCUT2D eigenvalue weighted by molar-refractivity contribution is 7.09. The van der Waals surface area contributed by atoms with Gasteiger partial charge in [-0.25, -0.2) is 14.6 Å². The van der Waals surface area contributed by atoms with E-state index in [1.54, 1.807) is 12.4 Å². The molecule has 0 bridgehead atoms. The van der Waals surface area contributed by atoms with Crippen molar-refractivity contribution in [2.45, 2.75) is 31.7 Å². The number of ether oxygens (including phenoxy) is 1. The summed E-state index contributed by atoms with van der Waals surface area (Å²) >= 11 is 1.85. The van der Waals surface area contributed by atoms with Gasteiger partial charge in [0.25, 0.3) is 0 Å². The van der Waals surface area contributed by atoms with Gasteiger partial charge < -0.3 is 19.8 Å². The molecule has 16 heteroatoms. The van der Waals surface area contributed by atoms with Crippen LogP contribution in [0.1, 0.15) is 17.7 Å². The molecule has 1 atom stereocenters. The van der Waals surface area contributed by atoms with Crippen LogP contribution in [0.15, 0.2) is 36.1 Å². The molecule has 1 unspecified atom stereocenters. The highest BCUT2D eigenvalue weighted by Gasteiger charge is 2.40. The minimum absolute atomic E-state index is 0.198. The van der Waals surface area contributed by atoms with Crippen molar-refractivity contribution >= 4 is 29.1 Å². The second-order valence-electron chi connectivity index (χ2n) is 8.54. The Morgan fingerprint density at radius 3 is 2.24 bits per heavy atom. The molecule has 4 rings (SSSR count). The maximum Gasteiger partial charge on any atom is 0.490 e. The molecule has 0 radical (unpaired) electrons. The molecule has 0 aliphatic carbocycles. The van der Waals surface area contributed by atoms with Crippen molar-refractivity contribution in [1.82, 2.24) is 14.9 Å². The van der Waals surface area contributed by atoms with Crippen molar-refractivity contribution < 1.29 is 50.9 Å². The number of nitrogens with zero attached hydrogens (tertiary/aromatic N) is 4. The van der Waals surface area contributed by atoms with Crippen LogP contribution < -0.4 is 4.90 Å². The number of halogens is 6. The van der Waals surface area contributed by atoms with Crippen LogP contribution in [0, 0.1) is 5.41 Å². The van der Waals surface area contributed by atoms with Crippen LogP contribution in [-0.2, 0) is 20.9 Å². The van der Waals surface area contributed by atoms with Gasteiger partial charge in [-0.05, 0) is 30.8 Å². The largest absolute Gasteiger partial charge is 0.490 e. The minimum atomic E-state index is -5.08. The first-order chi connectivity index (χ1) is 17.7. The molecule has 2 aliphatic rings. The van der Waals surface area contributed by atoms with E-state index in [0.717, 1.165) is 45.2 Å². The Hall–Kier alpha value is -2.98. The van der Waals surface area contributed by atoms with E-state index in [4.69, 9.17) is 24.5 Å². The summed E-state index contributed by atoms with van der Waals surface area (Å²) in [6.07, 6.45) is -2.33. The summed E-state index contributed by atoms with van der Waals surface area (Å²) in [6.45, 7) is 6.86. The quantitative estimate of drug-likeness (QED) is 0.528. The van der Waals surface area contributed by atoms with Gasteiger partial charge in [0.2, 0.25) is 0 Å². The number of aliphatic carboxylic acids is 2. The zero-order valence-corrected chi connectivity index (χ0v) is 20.7. The van der Waals surface area contributed by atoms with Crippen molar-refractivity contribution in [2.24, 2.45) is 5.41 Å². The van der Waals surface area contributed by atoms with Crippen molar-refractivity contribution in [1.29, 1.82) is 0 Å². The predicted octanol–water partition coefficient (Wildman–Crippen LogP) is 3.92. The first-order valence-corrected chi connectivity index (χ1v) is 12.0. The molecule has 4 heterocycles. The first-order valence-electron chi connectivity index (χ1n) is 11.2. The third-order valence-corrected chi connectivity index (χ3v) is 6.36. The van der Waals surface area contributed by atoms with Crippen molar-refractivity contribution in [3.8, 4) is 0 Å². The number of hydrogen-bond acceptors (Lipinski definition) is 8. The topological polar surface area (TPSA) is 116 Å². The molecule has 2 fully saturated rings. The van der Waals surface area contributed by atoms with Crippen molar-refractivity contribution in [3.05, 3.63) is 41.0 Å². The number of piperidine rings is 1. The standard InChI is InChI=1S/C18H24N4OS.2C2HF3O2/c1-3-16(24-10-1)12-21-7-2-4-18(13-21)14-22(8-9-23-15-18)17-11-19-5-6-20-17;2*3-2(4,5)1(6)7/h1,3,5-6,10-11H,2,4,7-9,12-15H2;2*(H,6,7). The van der Waals surface area contributed by atoms with Crippen LogP contribution in [0.5, 0.6) is 0 Å². The van der Waals surface area contributed by atoms with Crippen LogP contribution in [-0.4, -0.2) is 88.8 Å². The molecule has 0 saturated carbocycles. The SMILES string of the molecule is O=C(O)C(F)(F)F.O=C(O)C(F)(F)F.c1csc(CN2CCCC3(COCCN(c4cnccn4)C3)C2)c1. The average molecular weight is 573 g/mol. The summed E-state index contributed by atoms with van der Waals surface area (Å²) in [4.78, 5) is 32.9. The fraction of sp³-hybridized carbons (Fsp3) is 0.545. The Morgan fingerprint density at radius 2 is 1.71 bits per heavy atom. The first kappa shape index (κ1) is 31.2. The fourth-order valence-electron chi connectivity index (χ4n) is 3.96. The van der Waals surface area contributed by atoms with E-state index in [-0.39, 0.29) is 5.41 Å². The maximum atomic E-state index is 10.6. The lowest BCUT2D eigenvalue weighted by Crippen LogP contribution is -2.50. The molecule has 0 amide bonds. The van der Waals surface area contributed by atoms with Gasteiger partial charge >= 0.3 is 24.3 Å². The molecule has 2 saturated heterocycles. The van der Waals surface area contributed by atoms with Crippen molar-refractivity contribution in [2.75, 3.05) is 44.3 Å². The summed E-state index contributed by atoms with van der Waals surface area (Å²) in [5.74, 6) is -4.54. The zero-order chi connectivity index (χ0) is 28.4. The number of likely N-dealkylation sites (tertiary alicyclic amines) is 1. The summed E-state index contributed by atoms with van der Waals surface area (Å²) in [5, 5.41) is 16.4. The van der Waals surface area contributed by atoms with Gasteiger partial charge in [0.05, 0.1) is 19.4 Å². The molecule has 9 nitrogen and oxygen atoms in total.